The van der Waals surface area contributed by atoms with Gasteiger partial charge in [-0.25, -0.2) is 9.97 Å². The van der Waals surface area contributed by atoms with E-state index < -0.39 is 0 Å². The fraction of sp³-hybridized carbons (Fsp3) is 0.0625. The van der Waals surface area contributed by atoms with E-state index in [1.165, 1.54) is 0 Å². The molecule has 0 spiro atoms. The predicted molar refractivity (Wildman–Crippen MR) is 78.8 cm³/mol. The van der Waals surface area contributed by atoms with Crippen LogP contribution in [0, 0.1) is 18.3 Å². The Morgan fingerprint density at radius 1 is 1.05 bits per heavy atom. The van der Waals surface area contributed by atoms with Gasteiger partial charge in [0.15, 0.2) is 0 Å². The van der Waals surface area contributed by atoms with Gasteiger partial charge in [-0.1, -0.05) is 18.2 Å². The van der Waals surface area contributed by atoms with Crippen LogP contribution in [-0.4, -0.2) is 9.97 Å². The van der Waals surface area contributed by atoms with E-state index in [1.807, 2.05) is 43.3 Å². The summed E-state index contributed by atoms with van der Waals surface area (Å²) in [5.74, 6) is 0.471. The first-order valence-electron chi connectivity index (χ1n) is 6.22. The molecule has 0 unspecified atom stereocenters. The third-order valence-electron chi connectivity index (χ3n) is 3.23. The molecule has 20 heavy (non-hydrogen) atoms. The molecule has 0 bridgehead atoms. The number of nitriles is 1. The van der Waals surface area contributed by atoms with E-state index in [2.05, 4.69) is 16.0 Å². The maximum Gasteiger partial charge on any atom is 0.149 e. The van der Waals surface area contributed by atoms with Gasteiger partial charge < -0.3 is 5.73 Å². The van der Waals surface area contributed by atoms with E-state index in [4.69, 9.17) is 5.73 Å². The molecule has 2 heterocycles. The van der Waals surface area contributed by atoms with Crippen molar-refractivity contribution in [2.24, 2.45) is 0 Å². The average molecular weight is 260 g/mol. The highest BCUT2D eigenvalue weighted by molar-refractivity contribution is 5.86. The molecule has 96 valence electrons. The number of nitrogens with zero attached hydrogens (tertiary/aromatic N) is 3. The van der Waals surface area contributed by atoms with Gasteiger partial charge in [-0.3, -0.25) is 0 Å². The van der Waals surface area contributed by atoms with Crippen molar-refractivity contribution in [3.63, 3.8) is 0 Å². The molecule has 0 atom stereocenters. The lowest BCUT2D eigenvalue weighted by Crippen LogP contribution is -1.97. The van der Waals surface area contributed by atoms with Crippen LogP contribution in [0.5, 0.6) is 0 Å². The normalized spacial score (nSPS) is 10.4. The van der Waals surface area contributed by atoms with Gasteiger partial charge in [0.05, 0.1) is 5.52 Å². The highest BCUT2D eigenvalue weighted by atomic mass is 14.8. The Hall–Kier alpha value is -2.93. The molecule has 0 radical (unpaired) electrons. The second-order valence-electron chi connectivity index (χ2n) is 4.56. The maximum atomic E-state index is 9.33. The molecule has 1 aromatic carbocycles. The number of aromatic nitrogens is 2. The molecule has 0 amide bonds. The third-order valence-corrected chi connectivity index (χ3v) is 3.23. The fourth-order valence-electron chi connectivity index (χ4n) is 2.27. The van der Waals surface area contributed by atoms with E-state index in [1.54, 1.807) is 6.07 Å². The zero-order valence-electron chi connectivity index (χ0n) is 11.0. The number of hydrogen-bond donors (Lipinski definition) is 1. The van der Waals surface area contributed by atoms with Crippen LogP contribution >= 0.6 is 0 Å². The Kier molecular flexibility index (Phi) is 2.81. The standard InChI is InChI=1S/C16H12N4/c1-10-12(6-7-16(18)19-10)13-8-11-4-2-3-5-14(11)20-15(13)9-17/h2-8H,1H3,(H2,18,19). The molecular weight excluding hydrogens is 248 g/mol. The Labute approximate surface area is 116 Å². The molecule has 0 aliphatic heterocycles. The van der Waals surface area contributed by atoms with Gasteiger partial charge >= 0.3 is 0 Å². The summed E-state index contributed by atoms with van der Waals surface area (Å²) < 4.78 is 0. The van der Waals surface area contributed by atoms with Crippen LogP contribution in [0.25, 0.3) is 22.0 Å². The maximum absolute atomic E-state index is 9.33. The van der Waals surface area contributed by atoms with Crippen molar-refractivity contribution in [2.45, 2.75) is 6.92 Å². The Morgan fingerprint density at radius 2 is 1.85 bits per heavy atom. The molecular formula is C16H12N4. The lowest BCUT2D eigenvalue weighted by Gasteiger charge is -2.09. The SMILES string of the molecule is Cc1nc(N)ccc1-c1cc2ccccc2nc1C#N. The largest absolute Gasteiger partial charge is 0.384 e. The smallest absolute Gasteiger partial charge is 0.149 e. The lowest BCUT2D eigenvalue weighted by atomic mass is 10.0. The molecule has 0 fully saturated rings. The van der Waals surface area contributed by atoms with Crippen LogP contribution in [0.3, 0.4) is 0 Å². The van der Waals surface area contributed by atoms with Crippen LogP contribution in [-0.2, 0) is 0 Å². The molecule has 3 aromatic rings. The van der Waals surface area contributed by atoms with Gasteiger partial charge in [-0.05, 0) is 31.2 Å². The minimum absolute atomic E-state index is 0.401. The van der Waals surface area contributed by atoms with Crippen molar-refractivity contribution in [2.75, 3.05) is 5.73 Å². The van der Waals surface area contributed by atoms with Crippen molar-refractivity contribution >= 4 is 16.7 Å². The van der Waals surface area contributed by atoms with E-state index in [0.29, 0.717) is 11.5 Å². The number of aryl methyl sites for hydroxylation is 1. The zero-order valence-corrected chi connectivity index (χ0v) is 11.0. The summed E-state index contributed by atoms with van der Waals surface area (Å²) in [4.78, 5) is 8.66. The van der Waals surface area contributed by atoms with E-state index >= 15 is 0 Å². The van der Waals surface area contributed by atoms with Crippen LogP contribution in [0.2, 0.25) is 0 Å². The highest BCUT2D eigenvalue weighted by Crippen LogP contribution is 2.28. The van der Waals surface area contributed by atoms with Gasteiger partial charge in [-0.2, -0.15) is 5.26 Å². The Balaban J connectivity index is 2.32. The molecule has 2 aromatic heterocycles. The summed E-state index contributed by atoms with van der Waals surface area (Å²) >= 11 is 0. The minimum Gasteiger partial charge on any atom is -0.384 e. The van der Waals surface area contributed by atoms with Gasteiger partial charge in [0.1, 0.15) is 17.6 Å². The number of rotatable bonds is 1. The van der Waals surface area contributed by atoms with Crippen LogP contribution < -0.4 is 5.73 Å². The first-order chi connectivity index (χ1) is 9.69. The first kappa shape index (κ1) is 12.1. The molecule has 2 N–H and O–H groups in total. The van der Waals surface area contributed by atoms with Gasteiger partial charge in [0.2, 0.25) is 0 Å². The number of hydrogen-bond acceptors (Lipinski definition) is 4. The van der Waals surface area contributed by atoms with Crippen molar-refractivity contribution in [3.8, 4) is 17.2 Å². The second kappa shape index (κ2) is 4.63. The number of fused-ring (bicyclic) bond motifs is 1. The van der Waals surface area contributed by atoms with Gasteiger partial charge in [0, 0.05) is 22.2 Å². The quantitative estimate of drug-likeness (QED) is 0.729. The highest BCUT2D eigenvalue weighted by Gasteiger charge is 2.11. The predicted octanol–water partition coefficient (Wildman–Crippen LogP) is 3.06. The number of pyridine rings is 2. The number of nitrogen functional groups attached to an aromatic ring is 1. The number of para-hydroxylation sites is 1. The molecule has 0 aliphatic rings. The summed E-state index contributed by atoms with van der Waals surface area (Å²) in [5, 5.41) is 10.3. The van der Waals surface area contributed by atoms with Gasteiger partial charge in [-0.15, -0.1) is 0 Å². The van der Waals surface area contributed by atoms with E-state index in [0.717, 1.165) is 27.7 Å². The topological polar surface area (TPSA) is 75.6 Å². The number of anilines is 1. The Bertz CT molecular complexity index is 847. The third kappa shape index (κ3) is 1.95. The minimum atomic E-state index is 0.401. The zero-order chi connectivity index (χ0) is 14.1. The monoisotopic (exact) mass is 260 g/mol. The van der Waals surface area contributed by atoms with E-state index in [-0.39, 0.29) is 0 Å². The van der Waals surface area contributed by atoms with Crippen LogP contribution in [0.1, 0.15) is 11.4 Å². The lowest BCUT2D eigenvalue weighted by molar-refractivity contribution is 1.21. The summed E-state index contributed by atoms with van der Waals surface area (Å²) in [5.41, 5.74) is 9.35. The van der Waals surface area contributed by atoms with Crippen LogP contribution in [0.4, 0.5) is 5.82 Å². The first-order valence-corrected chi connectivity index (χ1v) is 6.22. The van der Waals surface area contributed by atoms with Crippen molar-refractivity contribution in [1.82, 2.24) is 9.97 Å². The fourth-order valence-corrected chi connectivity index (χ4v) is 2.27. The number of benzene rings is 1. The average Bonchev–Trinajstić information content (AvgIpc) is 2.46. The van der Waals surface area contributed by atoms with Crippen molar-refractivity contribution in [3.05, 3.63) is 53.9 Å². The molecule has 0 saturated heterocycles. The molecule has 4 heteroatoms. The summed E-state index contributed by atoms with van der Waals surface area (Å²) in [7, 11) is 0. The van der Waals surface area contributed by atoms with Crippen LogP contribution in [0.15, 0.2) is 42.5 Å². The van der Waals surface area contributed by atoms with Crippen molar-refractivity contribution in [1.29, 1.82) is 5.26 Å². The second-order valence-corrected chi connectivity index (χ2v) is 4.56. The van der Waals surface area contributed by atoms with E-state index in [9.17, 15) is 5.26 Å². The molecule has 0 aliphatic carbocycles. The van der Waals surface area contributed by atoms with Gasteiger partial charge in [0.25, 0.3) is 0 Å². The molecule has 4 nitrogen and oxygen atoms in total. The summed E-state index contributed by atoms with van der Waals surface area (Å²) in [6.45, 7) is 1.88. The van der Waals surface area contributed by atoms with Crippen molar-refractivity contribution < 1.29 is 0 Å². The summed E-state index contributed by atoms with van der Waals surface area (Å²) in [6.07, 6.45) is 0. The Morgan fingerprint density at radius 3 is 2.60 bits per heavy atom. The molecule has 0 saturated carbocycles. The number of nitrogens with two attached hydrogens (primary N) is 1. The molecule has 3 rings (SSSR count). The summed E-state index contributed by atoms with van der Waals surface area (Å²) in [6, 6.07) is 15.5.